The van der Waals surface area contributed by atoms with Gasteiger partial charge in [0, 0.05) is 0 Å². The van der Waals surface area contributed by atoms with Crippen LogP contribution in [-0.4, -0.2) is 39.3 Å². The first kappa shape index (κ1) is 29.5. The van der Waals surface area contributed by atoms with Crippen molar-refractivity contribution in [1.82, 2.24) is 0 Å². The van der Waals surface area contributed by atoms with Gasteiger partial charge in [-0.05, 0) is 77.8 Å². The maximum absolute atomic E-state index is 5.35. The van der Waals surface area contributed by atoms with Crippen LogP contribution in [0.3, 0.4) is 0 Å². The lowest BCUT2D eigenvalue weighted by Gasteiger charge is -1.97. The van der Waals surface area contributed by atoms with E-state index in [1.54, 1.807) is 0 Å². The largest absolute Gasteiger partial charge is 0.330 e. The van der Waals surface area contributed by atoms with E-state index in [9.17, 15) is 0 Å². The van der Waals surface area contributed by atoms with Gasteiger partial charge in [-0.3, -0.25) is 0 Å². The molecule has 0 aliphatic rings. The highest BCUT2D eigenvalue weighted by atomic mass is 14.5. The van der Waals surface area contributed by atoms with Gasteiger partial charge in [-0.15, -0.1) is 0 Å². The quantitative estimate of drug-likeness (QED) is 0.230. The Hall–Kier alpha value is -0.240. The molecular formula is C19H50N6. The molecule has 12 N–H and O–H groups in total. The summed E-state index contributed by atoms with van der Waals surface area (Å²) in [5, 5.41) is 0. The van der Waals surface area contributed by atoms with Crippen LogP contribution >= 0.6 is 0 Å². The van der Waals surface area contributed by atoms with Crippen LogP contribution in [-0.2, 0) is 0 Å². The highest BCUT2D eigenvalue weighted by Gasteiger charge is 1.87. The van der Waals surface area contributed by atoms with Crippen molar-refractivity contribution in [2.45, 2.75) is 83.5 Å². The van der Waals surface area contributed by atoms with Crippen LogP contribution in [0.2, 0.25) is 0 Å². The second-order valence-electron chi connectivity index (χ2n) is 6.33. The monoisotopic (exact) mass is 362 g/mol. The summed E-state index contributed by atoms with van der Waals surface area (Å²) in [7, 11) is 0. The molecule has 0 aromatic heterocycles. The molecule has 0 fully saturated rings. The predicted molar refractivity (Wildman–Crippen MR) is 114 cm³/mol. The maximum atomic E-state index is 5.35. The molecule has 0 unspecified atom stereocenters. The van der Waals surface area contributed by atoms with Crippen LogP contribution in [0.1, 0.15) is 83.5 Å². The summed E-state index contributed by atoms with van der Waals surface area (Å²) in [6.07, 6.45) is 15.8. The van der Waals surface area contributed by atoms with Gasteiger partial charge in [-0.1, -0.05) is 44.9 Å². The molecule has 0 aromatic carbocycles. The summed E-state index contributed by atoms with van der Waals surface area (Å²) >= 11 is 0. The molecule has 0 bridgehead atoms. The Morgan fingerprint density at radius 3 is 0.480 bits per heavy atom. The second-order valence-corrected chi connectivity index (χ2v) is 6.33. The molecule has 0 saturated carbocycles. The van der Waals surface area contributed by atoms with Gasteiger partial charge in [0.15, 0.2) is 0 Å². The van der Waals surface area contributed by atoms with Gasteiger partial charge >= 0.3 is 0 Å². The molecule has 0 radical (unpaired) electrons. The van der Waals surface area contributed by atoms with Crippen LogP contribution in [0.4, 0.5) is 0 Å². The normalized spacial score (nSPS) is 9.84. The van der Waals surface area contributed by atoms with Crippen molar-refractivity contribution in [3.63, 3.8) is 0 Å². The van der Waals surface area contributed by atoms with Crippen molar-refractivity contribution >= 4 is 0 Å². The summed E-state index contributed by atoms with van der Waals surface area (Å²) in [6.45, 7) is 4.95. The number of unbranched alkanes of at least 4 members (excludes halogenated alkanes) is 10. The predicted octanol–water partition coefficient (Wildman–Crippen LogP) is 1.78. The smallest absolute Gasteiger partial charge is 0.00773 e. The molecule has 0 saturated heterocycles. The third kappa shape index (κ3) is 45.3. The highest BCUT2D eigenvalue weighted by molar-refractivity contribution is 4.46. The molecular weight excluding hydrogens is 312 g/mol. The molecule has 0 aliphatic carbocycles. The van der Waals surface area contributed by atoms with Crippen molar-refractivity contribution in [1.29, 1.82) is 0 Å². The Morgan fingerprint density at radius 2 is 0.320 bits per heavy atom. The van der Waals surface area contributed by atoms with Crippen LogP contribution in [0, 0.1) is 0 Å². The van der Waals surface area contributed by atoms with E-state index >= 15 is 0 Å². The Kier molecular flexibility index (Phi) is 41.3. The van der Waals surface area contributed by atoms with Gasteiger partial charge < -0.3 is 34.4 Å². The first-order chi connectivity index (χ1) is 12.2. The first-order valence-corrected chi connectivity index (χ1v) is 10.4. The average Bonchev–Trinajstić information content (AvgIpc) is 2.63. The van der Waals surface area contributed by atoms with Gasteiger partial charge in [0.05, 0.1) is 0 Å². The minimum atomic E-state index is 0.806. The third-order valence-electron chi connectivity index (χ3n) is 3.72. The molecule has 0 aliphatic heterocycles. The average molecular weight is 363 g/mol. The van der Waals surface area contributed by atoms with Crippen LogP contribution in [0.5, 0.6) is 0 Å². The van der Waals surface area contributed by atoms with E-state index in [-0.39, 0.29) is 0 Å². The summed E-state index contributed by atoms with van der Waals surface area (Å²) < 4.78 is 0. The lowest BCUT2D eigenvalue weighted by atomic mass is 10.1. The molecule has 6 heteroatoms. The second kappa shape index (κ2) is 35.0. The zero-order valence-electron chi connectivity index (χ0n) is 16.9. The Balaban J connectivity index is -0.000000296. The van der Waals surface area contributed by atoms with Crippen LogP contribution in [0.25, 0.3) is 0 Å². The maximum Gasteiger partial charge on any atom is -0.00773 e. The van der Waals surface area contributed by atoms with Crippen molar-refractivity contribution in [3.05, 3.63) is 0 Å². The first-order valence-electron chi connectivity index (χ1n) is 10.4. The Bertz CT molecular complexity index is 163. The van der Waals surface area contributed by atoms with E-state index in [2.05, 4.69) is 0 Å². The third-order valence-corrected chi connectivity index (χ3v) is 3.72. The van der Waals surface area contributed by atoms with E-state index in [0.717, 1.165) is 65.0 Å². The molecule has 25 heavy (non-hydrogen) atoms. The van der Waals surface area contributed by atoms with Crippen molar-refractivity contribution in [2.75, 3.05) is 39.3 Å². The van der Waals surface area contributed by atoms with E-state index < -0.39 is 0 Å². The molecule has 0 spiro atoms. The van der Waals surface area contributed by atoms with Gasteiger partial charge in [0.25, 0.3) is 0 Å². The minimum absolute atomic E-state index is 0.806. The summed E-state index contributed by atoms with van der Waals surface area (Å²) in [4.78, 5) is 0. The number of nitrogens with two attached hydrogens (primary N) is 6. The zero-order chi connectivity index (χ0) is 19.4. The standard InChI is InChI=1S/C8H20N2.C6H16N2.C5H14N2/c9-7-5-3-1-2-4-6-8-10;7-5-3-1-2-4-6-8;6-4-2-1-3-5-7/h1-10H2;1-8H2;1-7H2. The molecule has 156 valence electrons. The van der Waals surface area contributed by atoms with E-state index in [1.165, 1.54) is 57.8 Å². The summed E-state index contributed by atoms with van der Waals surface area (Å²) in [5.74, 6) is 0. The number of hydrogen-bond acceptors (Lipinski definition) is 6. The molecule has 6 nitrogen and oxygen atoms in total. The van der Waals surface area contributed by atoms with E-state index in [4.69, 9.17) is 34.4 Å². The van der Waals surface area contributed by atoms with Crippen molar-refractivity contribution in [2.24, 2.45) is 34.4 Å². The molecule has 0 aromatic rings. The van der Waals surface area contributed by atoms with Crippen LogP contribution in [0.15, 0.2) is 0 Å². The van der Waals surface area contributed by atoms with Gasteiger partial charge in [0.1, 0.15) is 0 Å². The Labute approximate surface area is 157 Å². The van der Waals surface area contributed by atoms with Gasteiger partial charge in [-0.2, -0.15) is 0 Å². The van der Waals surface area contributed by atoms with E-state index in [1.807, 2.05) is 0 Å². The highest BCUT2D eigenvalue weighted by Crippen LogP contribution is 2.03. The van der Waals surface area contributed by atoms with Gasteiger partial charge in [0.2, 0.25) is 0 Å². The SMILES string of the molecule is NCCCCCCCCN.NCCCCCCN.NCCCCCN. The molecule has 0 rings (SSSR count). The lowest BCUT2D eigenvalue weighted by molar-refractivity contribution is 0.601. The fourth-order valence-electron chi connectivity index (χ4n) is 2.10. The topological polar surface area (TPSA) is 156 Å². The fourth-order valence-corrected chi connectivity index (χ4v) is 2.10. The van der Waals surface area contributed by atoms with E-state index in [0.29, 0.717) is 0 Å². The van der Waals surface area contributed by atoms with Crippen molar-refractivity contribution < 1.29 is 0 Å². The number of hydrogen-bond donors (Lipinski definition) is 6. The molecule has 0 amide bonds. The fraction of sp³-hybridized carbons (Fsp3) is 1.00. The minimum Gasteiger partial charge on any atom is -0.330 e. The number of rotatable bonds is 16. The summed E-state index contributed by atoms with van der Waals surface area (Å²) in [5.41, 5.74) is 31.7. The summed E-state index contributed by atoms with van der Waals surface area (Å²) in [6, 6.07) is 0. The lowest BCUT2D eigenvalue weighted by Crippen LogP contribution is -2.02. The Morgan fingerprint density at radius 1 is 0.200 bits per heavy atom. The van der Waals surface area contributed by atoms with Gasteiger partial charge in [-0.25, -0.2) is 0 Å². The van der Waals surface area contributed by atoms with Crippen LogP contribution < -0.4 is 34.4 Å². The van der Waals surface area contributed by atoms with Crippen molar-refractivity contribution in [3.8, 4) is 0 Å². The molecule has 0 atom stereocenters. The molecule has 0 heterocycles. The zero-order valence-corrected chi connectivity index (χ0v) is 16.9.